The molecule has 4 aliphatic carbocycles. The molecule has 0 unspecified atom stereocenters. The fourth-order valence-corrected chi connectivity index (χ4v) is 4.48. The van der Waals surface area contributed by atoms with Gasteiger partial charge in [-0.1, -0.05) is 61.0 Å². The van der Waals surface area contributed by atoms with Crippen molar-refractivity contribution < 1.29 is 19.4 Å². The van der Waals surface area contributed by atoms with Crippen LogP contribution in [0.3, 0.4) is 0 Å². The van der Waals surface area contributed by atoms with Gasteiger partial charge >= 0.3 is 0 Å². The van der Waals surface area contributed by atoms with Gasteiger partial charge in [0, 0.05) is 12.1 Å². The maximum absolute atomic E-state index is 9.00. The number of aliphatic carboxylic acids is 1. The van der Waals surface area contributed by atoms with Crippen LogP contribution in [0, 0.1) is 20.9 Å². The van der Waals surface area contributed by atoms with Crippen LogP contribution in [0.5, 0.6) is 11.5 Å². The third-order valence-electron chi connectivity index (χ3n) is 6.50. The number of unbranched alkanes of at least 4 members (excludes halogenated alkanes) is 2. The number of methoxy groups -OCH3 is 2. The highest BCUT2D eigenvalue weighted by Gasteiger charge is 2.06. The van der Waals surface area contributed by atoms with Crippen LogP contribution < -0.4 is 9.47 Å². The van der Waals surface area contributed by atoms with E-state index in [4.69, 9.17) is 19.4 Å². The van der Waals surface area contributed by atoms with E-state index in [-0.39, 0.29) is 0 Å². The molecular formula is C31H32O4. The fraction of sp³-hybridized carbons (Fsp3) is 0.258. The van der Waals surface area contributed by atoms with Crippen molar-refractivity contribution in [3.8, 4) is 11.5 Å². The number of carboxylic acid groups (broad SMARTS) is 1. The molecule has 0 aliphatic heterocycles. The van der Waals surface area contributed by atoms with Gasteiger partial charge in [-0.2, -0.15) is 0 Å². The third-order valence-corrected chi connectivity index (χ3v) is 6.50. The standard InChI is InChI=1S/C22H22O.C7H6O.C2H4O2/c1-23-20-11-13-21-16(8-5-9-18(21)15-20)6-3-2-4-7-17-14-19-10-12-22(17)19;1-8-7-4-5-2-3-6(5)7;1-2(3)4/h5,8-15H,2-4,6-7H2,1H3;2-4H,1H3;1H3,(H,3,4). The van der Waals surface area contributed by atoms with E-state index in [2.05, 4.69) is 66.7 Å². The predicted octanol–water partition coefficient (Wildman–Crippen LogP) is 6.79. The Balaban J connectivity index is 0.000000197. The zero-order valence-corrected chi connectivity index (χ0v) is 20.6. The second-order valence-electron chi connectivity index (χ2n) is 8.87. The minimum atomic E-state index is -0.833. The molecule has 0 radical (unpaired) electrons. The summed E-state index contributed by atoms with van der Waals surface area (Å²) in [5, 5.41) is 15.7. The zero-order chi connectivity index (χ0) is 24.8. The van der Waals surface area contributed by atoms with Gasteiger partial charge in [-0.15, -0.1) is 0 Å². The van der Waals surface area contributed by atoms with E-state index in [1.807, 2.05) is 6.07 Å². The van der Waals surface area contributed by atoms with E-state index in [1.165, 1.54) is 62.9 Å². The second kappa shape index (κ2) is 11.1. The van der Waals surface area contributed by atoms with Crippen molar-refractivity contribution in [3.63, 3.8) is 0 Å². The van der Waals surface area contributed by atoms with Gasteiger partial charge in [-0.05, 0) is 81.4 Å². The summed E-state index contributed by atoms with van der Waals surface area (Å²) < 4.78 is 10.3. The van der Waals surface area contributed by atoms with Crippen LogP contribution in [0.4, 0.5) is 0 Å². The predicted molar refractivity (Wildman–Crippen MR) is 140 cm³/mol. The molecule has 0 fully saturated rings. The summed E-state index contributed by atoms with van der Waals surface area (Å²) in [4.78, 5) is 9.00. The molecule has 4 nitrogen and oxygen atoms in total. The number of rotatable bonds is 8. The number of benzene rings is 4. The molecule has 0 bridgehead atoms. The summed E-state index contributed by atoms with van der Waals surface area (Å²) in [7, 11) is 3.42. The number of fused-ring (bicyclic) bond motifs is 1. The Bertz CT molecular complexity index is 1540. The van der Waals surface area contributed by atoms with E-state index in [0.717, 1.165) is 24.8 Å². The molecule has 2 aromatic carbocycles. The molecule has 6 rings (SSSR count). The lowest BCUT2D eigenvalue weighted by Crippen LogP contribution is -1.97. The number of carbonyl (C=O) groups is 1. The van der Waals surface area contributed by atoms with Crippen molar-refractivity contribution in [1.29, 1.82) is 0 Å². The Hall–Kier alpha value is -3.79. The van der Waals surface area contributed by atoms with Gasteiger partial charge in [-0.3, -0.25) is 4.79 Å². The quantitative estimate of drug-likeness (QED) is 0.250. The molecule has 4 heteroatoms. The van der Waals surface area contributed by atoms with Crippen molar-refractivity contribution in [2.75, 3.05) is 14.2 Å². The minimum Gasteiger partial charge on any atom is -0.497 e. The van der Waals surface area contributed by atoms with Crippen molar-refractivity contribution in [1.82, 2.24) is 0 Å². The Morgan fingerprint density at radius 3 is 1.91 bits per heavy atom. The zero-order valence-electron chi connectivity index (χ0n) is 20.6. The molecule has 2 aromatic rings. The Morgan fingerprint density at radius 2 is 1.43 bits per heavy atom. The SMILES string of the molecule is CC(=O)O.COc1cc2ccc1=2.COc1ccc2c(CCCCCc3cc4ccc3=4)cccc2c1. The first-order chi connectivity index (χ1) is 17.0. The average Bonchev–Trinajstić information content (AvgIpc) is 2.82. The molecule has 4 aliphatic rings. The summed E-state index contributed by atoms with van der Waals surface area (Å²) in [6.07, 6.45) is 6.28. The van der Waals surface area contributed by atoms with Gasteiger partial charge in [-0.25, -0.2) is 0 Å². The Morgan fingerprint density at radius 1 is 0.743 bits per heavy atom. The summed E-state index contributed by atoms with van der Waals surface area (Å²) in [6.45, 7) is 1.08. The van der Waals surface area contributed by atoms with Crippen molar-refractivity contribution >= 4 is 16.7 Å². The van der Waals surface area contributed by atoms with Gasteiger partial charge in [0.1, 0.15) is 11.5 Å². The number of aryl methyl sites for hydroxylation is 2. The van der Waals surface area contributed by atoms with E-state index < -0.39 is 5.97 Å². The van der Waals surface area contributed by atoms with E-state index in [1.54, 1.807) is 19.8 Å². The molecule has 1 N–H and O–H groups in total. The Labute approximate surface area is 205 Å². The molecule has 180 valence electrons. The van der Waals surface area contributed by atoms with Crippen LogP contribution in [0.1, 0.15) is 37.3 Å². The van der Waals surface area contributed by atoms with Crippen LogP contribution >= 0.6 is 0 Å². The lowest BCUT2D eigenvalue weighted by molar-refractivity contribution is -0.134. The smallest absolute Gasteiger partial charge is 0.300 e. The molecule has 0 saturated carbocycles. The molecular weight excluding hydrogens is 436 g/mol. The van der Waals surface area contributed by atoms with Crippen LogP contribution in [0.2, 0.25) is 0 Å². The van der Waals surface area contributed by atoms with E-state index in [0.29, 0.717) is 0 Å². The van der Waals surface area contributed by atoms with Crippen molar-refractivity contribution in [2.45, 2.75) is 39.0 Å². The maximum Gasteiger partial charge on any atom is 0.300 e. The van der Waals surface area contributed by atoms with Gasteiger partial charge in [0.25, 0.3) is 5.97 Å². The minimum absolute atomic E-state index is 0.833. The summed E-state index contributed by atoms with van der Waals surface area (Å²) >= 11 is 0. The van der Waals surface area contributed by atoms with Gasteiger partial charge in [0.15, 0.2) is 0 Å². The van der Waals surface area contributed by atoms with Crippen molar-refractivity contribution in [3.05, 3.63) is 105 Å². The van der Waals surface area contributed by atoms with Crippen LogP contribution in [0.25, 0.3) is 10.8 Å². The first kappa shape index (κ1) is 24.3. The number of hydrogen-bond acceptors (Lipinski definition) is 3. The van der Waals surface area contributed by atoms with Gasteiger partial charge in [0.05, 0.1) is 14.2 Å². The largest absolute Gasteiger partial charge is 0.497 e. The molecule has 0 amide bonds. The fourth-order valence-electron chi connectivity index (χ4n) is 4.48. The maximum atomic E-state index is 9.00. The molecule has 35 heavy (non-hydrogen) atoms. The summed E-state index contributed by atoms with van der Waals surface area (Å²) in [5.41, 5.74) is 3.03. The highest BCUT2D eigenvalue weighted by Crippen LogP contribution is 2.25. The summed E-state index contributed by atoms with van der Waals surface area (Å²) in [5.74, 6) is 1.13. The summed E-state index contributed by atoms with van der Waals surface area (Å²) in [6, 6.07) is 25.9. The third kappa shape index (κ3) is 5.65. The topological polar surface area (TPSA) is 55.8 Å². The lowest BCUT2D eigenvalue weighted by atomic mass is 9.94. The first-order valence-corrected chi connectivity index (χ1v) is 12.1. The number of carboxylic acids is 1. The highest BCUT2D eigenvalue weighted by atomic mass is 16.5. The van der Waals surface area contributed by atoms with Crippen LogP contribution in [0.15, 0.2) is 72.8 Å². The Kier molecular flexibility index (Phi) is 7.71. The van der Waals surface area contributed by atoms with Gasteiger partial charge in [0.2, 0.25) is 0 Å². The number of ether oxygens (including phenoxy) is 2. The van der Waals surface area contributed by atoms with Gasteiger partial charge < -0.3 is 14.6 Å². The lowest BCUT2D eigenvalue weighted by Gasteiger charge is -2.11. The normalized spacial score (nSPS) is 10.9. The highest BCUT2D eigenvalue weighted by molar-refractivity contribution is 5.87. The average molecular weight is 469 g/mol. The molecule has 0 spiro atoms. The second-order valence-corrected chi connectivity index (χ2v) is 8.87. The molecule has 0 heterocycles. The van der Waals surface area contributed by atoms with E-state index >= 15 is 0 Å². The number of hydrogen-bond donors (Lipinski definition) is 1. The molecule has 0 atom stereocenters. The first-order valence-electron chi connectivity index (χ1n) is 12.1. The van der Waals surface area contributed by atoms with Crippen molar-refractivity contribution in [2.24, 2.45) is 0 Å². The molecule has 0 saturated heterocycles. The molecule has 0 aromatic heterocycles. The monoisotopic (exact) mass is 468 g/mol. The van der Waals surface area contributed by atoms with E-state index in [9.17, 15) is 0 Å². The van der Waals surface area contributed by atoms with Crippen LogP contribution in [-0.2, 0) is 17.6 Å². The van der Waals surface area contributed by atoms with Crippen LogP contribution in [-0.4, -0.2) is 25.3 Å².